The van der Waals surface area contributed by atoms with Crippen molar-refractivity contribution in [2.24, 2.45) is 0 Å². The number of carbonyl (C=O) groups is 2. The van der Waals surface area contributed by atoms with Crippen LogP contribution in [-0.2, 0) is 14.3 Å². The lowest BCUT2D eigenvalue weighted by molar-refractivity contribution is -0.135. The van der Waals surface area contributed by atoms with Crippen LogP contribution in [0.15, 0.2) is 59.9 Å². The SMILES string of the molecule is COC(=O)/C=C(/C)Nc1cccc2c(N/C(C)=C\C(=O)O)cccc12. The van der Waals surface area contributed by atoms with E-state index in [4.69, 9.17) is 5.11 Å². The predicted molar refractivity (Wildman–Crippen MR) is 98.4 cm³/mol. The molecule has 0 fully saturated rings. The Kier molecular flexibility index (Phi) is 5.79. The first kappa shape index (κ1) is 18.1. The highest BCUT2D eigenvalue weighted by Gasteiger charge is 2.06. The minimum absolute atomic E-state index is 0.429. The fourth-order valence-electron chi connectivity index (χ4n) is 2.45. The zero-order valence-electron chi connectivity index (χ0n) is 14.3. The Labute approximate surface area is 145 Å². The number of hydrogen-bond acceptors (Lipinski definition) is 5. The summed E-state index contributed by atoms with van der Waals surface area (Å²) in [5, 5.41) is 17.0. The van der Waals surface area contributed by atoms with Gasteiger partial charge in [0.2, 0.25) is 0 Å². The zero-order valence-corrected chi connectivity index (χ0v) is 14.3. The molecule has 130 valence electrons. The molecular weight excluding hydrogens is 320 g/mol. The smallest absolute Gasteiger partial charge is 0.332 e. The van der Waals surface area contributed by atoms with Gasteiger partial charge in [0.15, 0.2) is 0 Å². The summed E-state index contributed by atoms with van der Waals surface area (Å²) in [5.41, 5.74) is 2.81. The van der Waals surface area contributed by atoms with Gasteiger partial charge in [0.1, 0.15) is 0 Å². The average Bonchev–Trinajstić information content (AvgIpc) is 2.54. The van der Waals surface area contributed by atoms with Gasteiger partial charge in [-0.15, -0.1) is 0 Å². The number of carboxylic acids is 1. The Morgan fingerprint density at radius 2 is 1.40 bits per heavy atom. The molecule has 0 heterocycles. The number of hydrogen-bond donors (Lipinski definition) is 3. The third-order valence-corrected chi connectivity index (χ3v) is 3.46. The molecule has 2 aromatic carbocycles. The van der Waals surface area contributed by atoms with Crippen LogP contribution in [0.3, 0.4) is 0 Å². The number of fused-ring (bicyclic) bond motifs is 1. The minimum atomic E-state index is -1.00. The molecular formula is C19H20N2O4. The molecule has 6 nitrogen and oxygen atoms in total. The van der Waals surface area contributed by atoms with E-state index < -0.39 is 11.9 Å². The Bertz CT molecular complexity index is 869. The number of carbonyl (C=O) groups excluding carboxylic acids is 1. The van der Waals surface area contributed by atoms with Crippen LogP contribution >= 0.6 is 0 Å². The van der Waals surface area contributed by atoms with E-state index in [-0.39, 0.29) is 0 Å². The highest BCUT2D eigenvalue weighted by Crippen LogP contribution is 2.30. The summed E-state index contributed by atoms with van der Waals surface area (Å²) in [6, 6.07) is 11.4. The summed E-state index contributed by atoms with van der Waals surface area (Å²) in [6.45, 7) is 3.47. The van der Waals surface area contributed by atoms with Gasteiger partial charge in [-0.1, -0.05) is 24.3 Å². The molecule has 6 heteroatoms. The summed E-state index contributed by atoms with van der Waals surface area (Å²) >= 11 is 0. The van der Waals surface area contributed by atoms with Gasteiger partial charge in [0.25, 0.3) is 0 Å². The van der Waals surface area contributed by atoms with Crippen LogP contribution in [-0.4, -0.2) is 24.2 Å². The summed E-state index contributed by atoms with van der Waals surface area (Å²) < 4.78 is 4.62. The quantitative estimate of drug-likeness (QED) is 0.549. The topological polar surface area (TPSA) is 87.7 Å². The number of ether oxygens (including phenoxy) is 1. The van der Waals surface area contributed by atoms with E-state index in [0.717, 1.165) is 28.2 Å². The number of aliphatic carboxylic acids is 1. The Morgan fingerprint density at radius 1 is 0.920 bits per heavy atom. The number of allylic oxidation sites excluding steroid dienone is 2. The van der Waals surface area contributed by atoms with E-state index in [1.165, 1.54) is 13.2 Å². The number of methoxy groups -OCH3 is 1. The predicted octanol–water partition coefficient (Wildman–Crippen LogP) is 3.73. The highest BCUT2D eigenvalue weighted by molar-refractivity contribution is 6.02. The molecule has 0 saturated heterocycles. The van der Waals surface area contributed by atoms with E-state index in [0.29, 0.717) is 11.4 Å². The van der Waals surface area contributed by atoms with E-state index in [1.54, 1.807) is 13.8 Å². The van der Waals surface area contributed by atoms with E-state index in [2.05, 4.69) is 15.4 Å². The molecule has 0 aliphatic rings. The van der Waals surface area contributed by atoms with Crippen molar-refractivity contribution < 1.29 is 19.4 Å². The van der Waals surface area contributed by atoms with Crippen molar-refractivity contribution in [1.29, 1.82) is 0 Å². The first-order valence-corrected chi connectivity index (χ1v) is 7.64. The van der Waals surface area contributed by atoms with Gasteiger partial charge in [-0.2, -0.15) is 0 Å². The van der Waals surface area contributed by atoms with Crippen molar-refractivity contribution in [3.63, 3.8) is 0 Å². The summed E-state index contributed by atoms with van der Waals surface area (Å²) in [5.74, 6) is -1.43. The number of rotatable bonds is 6. The number of benzene rings is 2. The van der Waals surface area contributed by atoms with Crippen molar-refractivity contribution in [3.8, 4) is 0 Å². The van der Waals surface area contributed by atoms with Crippen molar-refractivity contribution in [2.45, 2.75) is 13.8 Å². The molecule has 3 N–H and O–H groups in total. The first-order valence-electron chi connectivity index (χ1n) is 7.64. The average molecular weight is 340 g/mol. The fraction of sp³-hybridized carbons (Fsp3) is 0.158. The third-order valence-electron chi connectivity index (χ3n) is 3.46. The lowest BCUT2D eigenvalue weighted by atomic mass is 10.1. The van der Waals surface area contributed by atoms with Crippen LogP contribution in [0.25, 0.3) is 10.8 Å². The first-order chi connectivity index (χ1) is 11.9. The molecule has 2 rings (SSSR count). The Balaban J connectivity index is 2.39. The molecule has 0 atom stereocenters. The largest absolute Gasteiger partial charge is 0.478 e. The second kappa shape index (κ2) is 8.01. The standard InChI is InChI=1S/C19H20N2O4/c1-12(10-18(22)23)20-16-8-4-7-15-14(16)6-5-9-17(15)21-13(2)11-19(24)25-3/h4-11,20-21H,1-3H3,(H,22,23)/b12-10-,13-11-. The molecule has 0 aliphatic heterocycles. The molecule has 25 heavy (non-hydrogen) atoms. The molecule has 0 aliphatic carbocycles. The van der Waals surface area contributed by atoms with Gasteiger partial charge in [-0.3, -0.25) is 0 Å². The van der Waals surface area contributed by atoms with Crippen molar-refractivity contribution in [3.05, 3.63) is 59.9 Å². The maximum atomic E-state index is 11.3. The molecule has 0 unspecified atom stereocenters. The van der Waals surface area contributed by atoms with Gasteiger partial charge in [-0.05, 0) is 26.0 Å². The van der Waals surface area contributed by atoms with E-state index >= 15 is 0 Å². The Hall–Kier alpha value is -3.28. The summed E-state index contributed by atoms with van der Waals surface area (Å²) in [6.07, 6.45) is 2.49. The van der Waals surface area contributed by atoms with Crippen LogP contribution in [0, 0.1) is 0 Å². The maximum Gasteiger partial charge on any atom is 0.332 e. The monoisotopic (exact) mass is 340 g/mol. The Morgan fingerprint density at radius 3 is 1.84 bits per heavy atom. The number of esters is 1. The second-order valence-corrected chi connectivity index (χ2v) is 5.47. The molecule has 0 saturated carbocycles. The van der Waals surface area contributed by atoms with Crippen molar-refractivity contribution in [2.75, 3.05) is 17.7 Å². The summed E-state index contributed by atoms with van der Waals surface area (Å²) in [4.78, 5) is 22.1. The fourth-order valence-corrected chi connectivity index (χ4v) is 2.45. The lowest BCUT2D eigenvalue weighted by Crippen LogP contribution is -2.03. The van der Waals surface area contributed by atoms with Crippen LogP contribution in [0.2, 0.25) is 0 Å². The molecule has 0 aromatic heterocycles. The van der Waals surface area contributed by atoms with Crippen molar-refractivity contribution >= 4 is 34.1 Å². The molecule has 0 bridgehead atoms. The number of nitrogens with one attached hydrogen (secondary N) is 2. The highest BCUT2D eigenvalue weighted by atomic mass is 16.5. The molecule has 0 amide bonds. The maximum absolute atomic E-state index is 11.3. The van der Waals surface area contributed by atoms with Crippen LogP contribution in [0.1, 0.15) is 13.8 Å². The van der Waals surface area contributed by atoms with Gasteiger partial charge in [0.05, 0.1) is 7.11 Å². The lowest BCUT2D eigenvalue weighted by Gasteiger charge is -2.14. The number of anilines is 2. The van der Waals surface area contributed by atoms with Gasteiger partial charge >= 0.3 is 11.9 Å². The van der Waals surface area contributed by atoms with Crippen LogP contribution in [0.5, 0.6) is 0 Å². The minimum Gasteiger partial charge on any atom is -0.478 e. The number of carboxylic acid groups (broad SMARTS) is 1. The summed E-state index contributed by atoms with van der Waals surface area (Å²) in [7, 11) is 1.33. The van der Waals surface area contributed by atoms with Gasteiger partial charge in [0, 0.05) is 45.7 Å². The van der Waals surface area contributed by atoms with Crippen LogP contribution < -0.4 is 10.6 Å². The van der Waals surface area contributed by atoms with E-state index in [1.807, 2.05) is 36.4 Å². The van der Waals surface area contributed by atoms with Gasteiger partial charge < -0.3 is 20.5 Å². The zero-order chi connectivity index (χ0) is 18.4. The normalized spacial score (nSPS) is 12.0. The van der Waals surface area contributed by atoms with E-state index in [9.17, 15) is 9.59 Å². The molecule has 0 radical (unpaired) electrons. The van der Waals surface area contributed by atoms with Crippen LogP contribution in [0.4, 0.5) is 11.4 Å². The molecule has 2 aromatic rings. The van der Waals surface area contributed by atoms with Crippen molar-refractivity contribution in [1.82, 2.24) is 0 Å². The third kappa shape index (κ3) is 4.84. The van der Waals surface area contributed by atoms with Gasteiger partial charge in [-0.25, -0.2) is 9.59 Å². The molecule has 0 spiro atoms. The second-order valence-electron chi connectivity index (χ2n) is 5.47.